The van der Waals surface area contributed by atoms with Crippen LogP contribution in [0.15, 0.2) is 12.4 Å². The third-order valence-electron chi connectivity index (χ3n) is 4.02. The number of carbonyl (C=O) groups excluding carboxylic acids is 1. The average Bonchev–Trinajstić information content (AvgIpc) is 2.89. The average molecular weight is 307 g/mol. The van der Waals surface area contributed by atoms with Crippen molar-refractivity contribution in [3.8, 4) is 0 Å². The zero-order valence-electron chi connectivity index (χ0n) is 14.1. The van der Waals surface area contributed by atoms with Gasteiger partial charge < -0.3 is 9.64 Å². The van der Waals surface area contributed by atoms with E-state index in [9.17, 15) is 4.79 Å². The topological polar surface area (TPSA) is 47.4 Å². The molecule has 1 atom stereocenters. The molecule has 1 aromatic rings. The Labute approximate surface area is 133 Å². The molecule has 0 radical (unpaired) electrons. The smallest absolute Gasteiger partial charge is 0.225 e. The SMILES string of the molecule is Cc1cnn(C[C@H]2CCCCN2C(=O)CCOCC(C)C)c1. The van der Waals surface area contributed by atoms with Crippen LogP contribution in [0.2, 0.25) is 0 Å². The molecule has 0 spiro atoms. The maximum absolute atomic E-state index is 12.5. The molecular weight excluding hydrogens is 278 g/mol. The van der Waals surface area contributed by atoms with Gasteiger partial charge in [-0.05, 0) is 37.7 Å². The van der Waals surface area contributed by atoms with Crippen molar-refractivity contribution in [3.05, 3.63) is 18.0 Å². The second kappa shape index (κ2) is 8.32. The van der Waals surface area contributed by atoms with Crippen molar-refractivity contribution in [1.82, 2.24) is 14.7 Å². The molecule has 1 amide bonds. The predicted octanol–water partition coefficient (Wildman–Crippen LogP) is 2.64. The summed E-state index contributed by atoms with van der Waals surface area (Å²) < 4.78 is 7.51. The highest BCUT2D eigenvalue weighted by molar-refractivity contribution is 5.76. The molecule has 1 saturated heterocycles. The van der Waals surface area contributed by atoms with Crippen LogP contribution in [-0.2, 0) is 16.1 Å². The van der Waals surface area contributed by atoms with Crippen molar-refractivity contribution in [1.29, 1.82) is 0 Å². The molecule has 22 heavy (non-hydrogen) atoms. The number of likely N-dealkylation sites (tertiary alicyclic amines) is 1. The van der Waals surface area contributed by atoms with Crippen LogP contribution in [-0.4, -0.2) is 46.4 Å². The number of piperidine rings is 1. The third kappa shape index (κ3) is 5.13. The van der Waals surface area contributed by atoms with Crippen LogP contribution in [0.25, 0.3) is 0 Å². The fraction of sp³-hybridized carbons (Fsp3) is 0.765. The molecule has 1 aliphatic rings. The van der Waals surface area contributed by atoms with E-state index in [1.54, 1.807) is 0 Å². The first-order valence-electron chi connectivity index (χ1n) is 8.42. The van der Waals surface area contributed by atoms with Crippen molar-refractivity contribution in [2.45, 2.75) is 59.0 Å². The van der Waals surface area contributed by atoms with Crippen LogP contribution in [0.4, 0.5) is 0 Å². The summed E-state index contributed by atoms with van der Waals surface area (Å²) in [5.41, 5.74) is 1.16. The van der Waals surface area contributed by atoms with Crippen LogP contribution >= 0.6 is 0 Å². The van der Waals surface area contributed by atoms with Crippen LogP contribution < -0.4 is 0 Å². The van der Waals surface area contributed by atoms with Crippen molar-refractivity contribution in [2.75, 3.05) is 19.8 Å². The molecule has 0 N–H and O–H groups in total. The number of amides is 1. The van der Waals surface area contributed by atoms with Crippen molar-refractivity contribution in [3.63, 3.8) is 0 Å². The lowest BCUT2D eigenvalue weighted by molar-refractivity contribution is -0.136. The first-order valence-corrected chi connectivity index (χ1v) is 8.42. The molecule has 0 unspecified atom stereocenters. The van der Waals surface area contributed by atoms with E-state index in [1.807, 2.05) is 28.9 Å². The Morgan fingerprint density at radius 1 is 1.45 bits per heavy atom. The van der Waals surface area contributed by atoms with Crippen LogP contribution in [0.3, 0.4) is 0 Å². The minimum Gasteiger partial charge on any atom is -0.381 e. The summed E-state index contributed by atoms with van der Waals surface area (Å²) in [6.45, 7) is 9.20. The molecular formula is C17H29N3O2. The number of hydrogen-bond acceptors (Lipinski definition) is 3. The minimum absolute atomic E-state index is 0.220. The van der Waals surface area contributed by atoms with Crippen molar-refractivity contribution < 1.29 is 9.53 Å². The zero-order valence-corrected chi connectivity index (χ0v) is 14.1. The Morgan fingerprint density at radius 2 is 2.27 bits per heavy atom. The van der Waals surface area contributed by atoms with Gasteiger partial charge in [-0.3, -0.25) is 9.48 Å². The fourth-order valence-corrected chi connectivity index (χ4v) is 2.92. The molecule has 2 rings (SSSR count). The molecule has 2 heterocycles. The third-order valence-corrected chi connectivity index (χ3v) is 4.02. The summed E-state index contributed by atoms with van der Waals surface area (Å²) in [6, 6.07) is 0.269. The summed E-state index contributed by atoms with van der Waals surface area (Å²) in [7, 11) is 0. The monoisotopic (exact) mass is 307 g/mol. The molecule has 1 aromatic heterocycles. The molecule has 0 aromatic carbocycles. The fourth-order valence-electron chi connectivity index (χ4n) is 2.92. The highest BCUT2D eigenvalue weighted by Gasteiger charge is 2.26. The van der Waals surface area contributed by atoms with E-state index in [2.05, 4.69) is 18.9 Å². The van der Waals surface area contributed by atoms with E-state index >= 15 is 0 Å². The van der Waals surface area contributed by atoms with Crippen molar-refractivity contribution >= 4 is 5.91 Å². The summed E-state index contributed by atoms with van der Waals surface area (Å²) in [5, 5.41) is 4.35. The van der Waals surface area contributed by atoms with Gasteiger partial charge in [0.05, 0.1) is 31.8 Å². The molecule has 1 aliphatic heterocycles. The maximum atomic E-state index is 12.5. The zero-order chi connectivity index (χ0) is 15.9. The Bertz CT molecular complexity index is 470. The van der Waals surface area contributed by atoms with Gasteiger partial charge >= 0.3 is 0 Å². The Hall–Kier alpha value is -1.36. The van der Waals surface area contributed by atoms with Gasteiger partial charge in [0.25, 0.3) is 0 Å². The highest BCUT2D eigenvalue weighted by atomic mass is 16.5. The van der Waals surface area contributed by atoms with Gasteiger partial charge in [-0.25, -0.2) is 0 Å². The number of nitrogens with zero attached hydrogens (tertiary/aromatic N) is 3. The van der Waals surface area contributed by atoms with E-state index in [-0.39, 0.29) is 11.9 Å². The second-order valence-electron chi connectivity index (χ2n) is 6.70. The second-order valence-corrected chi connectivity index (χ2v) is 6.70. The molecule has 124 valence electrons. The summed E-state index contributed by atoms with van der Waals surface area (Å²) in [6.07, 6.45) is 7.77. The summed E-state index contributed by atoms with van der Waals surface area (Å²) in [4.78, 5) is 14.5. The van der Waals surface area contributed by atoms with Gasteiger partial charge in [-0.2, -0.15) is 5.10 Å². The number of carbonyl (C=O) groups is 1. The number of aryl methyl sites for hydroxylation is 1. The molecule has 5 heteroatoms. The maximum Gasteiger partial charge on any atom is 0.225 e. The lowest BCUT2D eigenvalue weighted by Gasteiger charge is -2.35. The standard InChI is InChI=1S/C17H29N3O2/c1-14(2)13-22-9-7-17(21)20-8-5-4-6-16(20)12-19-11-15(3)10-18-19/h10-11,14,16H,4-9,12-13H2,1-3H3/t16-/m1/s1. The summed E-state index contributed by atoms with van der Waals surface area (Å²) >= 11 is 0. The predicted molar refractivity (Wildman–Crippen MR) is 86.6 cm³/mol. The molecule has 0 aliphatic carbocycles. The number of ether oxygens (including phenoxy) is 1. The van der Waals surface area contributed by atoms with Gasteiger partial charge in [0.2, 0.25) is 5.91 Å². The normalized spacial score (nSPS) is 18.9. The van der Waals surface area contributed by atoms with E-state index in [4.69, 9.17) is 4.74 Å². The van der Waals surface area contributed by atoms with Gasteiger partial charge in [-0.15, -0.1) is 0 Å². The van der Waals surface area contributed by atoms with Crippen LogP contribution in [0, 0.1) is 12.8 Å². The number of aromatic nitrogens is 2. The number of hydrogen-bond donors (Lipinski definition) is 0. The van der Waals surface area contributed by atoms with Gasteiger partial charge in [-0.1, -0.05) is 13.8 Å². The Balaban J connectivity index is 1.84. The van der Waals surface area contributed by atoms with Crippen LogP contribution in [0.5, 0.6) is 0 Å². The van der Waals surface area contributed by atoms with E-state index in [0.29, 0.717) is 18.9 Å². The van der Waals surface area contributed by atoms with E-state index in [1.165, 1.54) is 6.42 Å². The minimum atomic E-state index is 0.220. The van der Waals surface area contributed by atoms with Gasteiger partial charge in [0.1, 0.15) is 0 Å². The molecule has 5 nitrogen and oxygen atoms in total. The van der Waals surface area contributed by atoms with Gasteiger partial charge in [0, 0.05) is 19.3 Å². The Morgan fingerprint density at radius 3 is 2.95 bits per heavy atom. The first kappa shape index (κ1) is 17.0. The molecule has 1 fully saturated rings. The first-order chi connectivity index (χ1) is 10.6. The lowest BCUT2D eigenvalue weighted by atomic mass is 10.0. The van der Waals surface area contributed by atoms with E-state index in [0.717, 1.165) is 38.1 Å². The highest BCUT2D eigenvalue weighted by Crippen LogP contribution is 2.19. The number of rotatable bonds is 7. The summed E-state index contributed by atoms with van der Waals surface area (Å²) in [5.74, 6) is 0.734. The largest absolute Gasteiger partial charge is 0.381 e. The quantitative estimate of drug-likeness (QED) is 0.728. The van der Waals surface area contributed by atoms with Crippen LogP contribution in [0.1, 0.15) is 45.1 Å². The molecule has 0 bridgehead atoms. The molecule has 0 saturated carbocycles. The van der Waals surface area contributed by atoms with Gasteiger partial charge in [0.15, 0.2) is 0 Å². The Kier molecular flexibility index (Phi) is 6.43. The van der Waals surface area contributed by atoms with E-state index < -0.39 is 0 Å². The lowest BCUT2D eigenvalue weighted by Crippen LogP contribution is -2.46. The van der Waals surface area contributed by atoms with Crippen molar-refractivity contribution in [2.24, 2.45) is 5.92 Å².